The summed E-state index contributed by atoms with van der Waals surface area (Å²) in [5, 5.41) is 1.91. The van der Waals surface area contributed by atoms with Crippen LogP contribution in [-0.2, 0) is 0 Å². The molecule has 1 amide bonds. The van der Waals surface area contributed by atoms with Gasteiger partial charge in [-0.1, -0.05) is 13.0 Å². The molecule has 2 nitrogen and oxygen atoms in total. The second-order valence-corrected chi connectivity index (χ2v) is 1.61. The van der Waals surface area contributed by atoms with Crippen LogP contribution in [0.25, 0.3) is 0 Å². The molecule has 0 saturated carbocycles. The van der Waals surface area contributed by atoms with Gasteiger partial charge in [-0.25, -0.2) is 0 Å². The van der Waals surface area contributed by atoms with Gasteiger partial charge in [0, 0.05) is 6.20 Å². The van der Waals surface area contributed by atoms with Crippen LogP contribution in [0.4, 0.5) is 4.79 Å². The number of carbonyl (C=O) groups is 1. The molecular weight excluding hydrogens is 122 g/mol. The first-order valence-electron chi connectivity index (χ1n) is 2.40. The van der Waals surface area contributed by atoms with E-state index in [1.807, 2.05) is 13.0 Å². The zero-order valence-corrected chi connectivity index (χ0v) is 5.49. The normalized spacial score (nSPS) is 9.62. The fourth-order valence-corrected chi connectivity index (χ4v) is 0.313. The van der Waals surface area contributed by atoms with E-state index in [1.165, 1.54) is 0 Å². The average Bonchev–Trinajstić information content (AvgIpc) is 1.66. The number of rotatable bonds is 2. The van der Waals surface area contributed by atoms with Crippen molar-refractivity contribution in [2.45, 2.75) is 13.3 Å². The van der Waals surface area contributed by atoms with Gasteiger partial charge in [0.2, 0.25) is 0 Å². The summed E-state index contributed by atoms with van der Waals surface area (Å²) in [5.74, 6) is 0. The topological polar surface area (TPSA) is 29.1 Å². The molecule has 0 spiro atoms. The maximum Gasteiger partial charge on any atom is 0.314 e. The molecule has 0 unspecified atom stereocenters. The van der Waals surface area contributed by atoms with Crippen LogP contribution in [0.15, 0.2) is 12.3 Å². The molecule has 0 aromatic heterocycles. The maximum atomic E-state index is 9.97. The van der Waals surface area contributed by atoms with E-state index in [2.05, 4.69) is 17.9 Å². The van der Waals surface area contributed by atoms with Crippen molar-refractivity contribution in [2.24, 2.45) is 0 Å². The summed E-state index contributed by atoms with van der Waals surface area (Å²) < 4.78 is 0. The highest BCUT2D eigenvalue weighted by atomic mass is 32.1. The summed E-state index contributed by atoms with van der Waals surface area (Å²) in [6.45, 7) is 1.98. The van der Waals surface area contributed by atoms with Gasteiger partial charge in [-0.05, 0) is 19.0 Å². The summed E-state index contributed by atoms with van der Waals surface area (Å²) >= 11 is 4.19. The minimum atomic E-state index is -0.435. The Kier molecular flexibility index (Phi) is 4.26. The number of hydrogen-bond donors (Lipinski definition) is 1. The van der Waals surface area contributed by atoms with Gasteiger partial charge in [0.05, 0.1) is 0 Å². The Morgan fingerprint density at radius 2 is 2.50 bits per heavy atom. The van der Waals surface area contributed by atoms with E-state index in [0.717, 1.165) is 6.42 Å². The molecule has 0 fully saturated rings. The summed E-state index contributed by atoms with van der Waals surface area (Å²) in [6.07, 6.45) is 4.29. The van der Waals surface area contributed by atoms with E-state index in [1.54, 1.807) is 6.20 Å². The molecule has 0 aromatic rings. The average molecular weight is 130 g/mol. The Morgan fingerprint density at radius 3 is 2.88 bits per heavy atom. The highest BCUT2D eigenvalue weighted by molar-refractivity contribution is 7.96. The molecule has 1 N–H and O–H groups in total. The number of carbonyl (C=O) groups excluding carboxylic acids is 1. The maximum absolute atomic E-state index is 9.97. The third-order valence-electron chi connectivity index (χ3n) is 0.555. The van der Waals surface area contributed by atoms with Crippen LogP contribution < -0.4 is 5.32 Å². The largest absolute Gasteiger partial charge is 0.320 e. The van der Waals surface area contributed by atoms with Gasteiger partial charge >= 0.3 is 5.24 Å². The molecule has 0 atom stereocenters. The van der Waals surface area contributed by atoms with Crippen molar-refractivity contribution in [3.63, 3.8) is 0 Å². The molecule has 0 rings (SSSR count). The van der Waals surface area contributed by atoms with Gasteiger partial charge in [-0.3, -0.25) is 4.79 Å². The van der Waals surface area contributed by atoms with E-state index in [-0.39, 0.29) is 0 Å². The molecular formula is C5H8NOS. The smallest absolute Gasteiger partial charge is 0.314 e. The number of hydrogen-bond acceptors (Lipinski definition) is 1. The third kappa shape index (κ3) is 5.43. The summed E-state index contributed by atoms with van der Waals surface area (Å²) in [7, 11) is 0. The Bertz CT molecular complexity index is 101. The second kappa shape index (κ2) is 4.59. The summed E-state index contributed by atoms with van der Waals surface area (Å²) in [5.41, 5.74) is 0. The van der Waals surface area contributed by atoms with Gasteiger partial charge in [0.25, 0.3) is 0 Å². The van der Waals surface area contributed by atoms with Crippen LogP contribution >= 0.6 is 12.6 Å². The zero-order valence-electron chi connectivity index (χ0n) is 4.68. The lowest BCUT2D eigenvalue weighted by Crippen LogP contribution is -2.06. The lowest BCUT2D eigenvalue weighted by Gasteiger charge is -1.84. The van der Waals surface area contributed by atoms with Crippen molar-refractivity contribution in [1.29, 1.82) is 0 Å². The second-order valence-electron chi connectivity index (χ2n) is 1.24. The standard InChI is InChI=1S/C5H8NOS/c1-2-3-4-6-5(7)8/h3-4H,2H2,1H3,(H,6,7). The Hall–Kier alpha value is -0.570. The minimum absolute atomic E-state index is 0.435. The zero-order chi connectivity index (χ0) is 6.41. The first-order valence-corrected chi connectivity index (χ1v) is 2.80. The number of nitrogens with one attached hydrogen (secondary N) is 1. The van der Waals surface area contributed by atoms with E-state index >= 15 is 0 Å². The highest BCUT2D eigenvalue weighted by Gasteiger charge is 1.82. The van der Waals surface area contributed by atoms with Crippen molar-refractivity contribution in [3.05, 3.63) is 12.3 Å². The number of amides is 1. The van der Waals surface area contributed by atoms with Gasteiger partial charge in [0.15, 0.2) is 0 Å². The first-order chi connectivity index (χ1) is 3.77. The summed E-state index contributed by atoms with van der Waals surface area (Å²) in [4.78, 5) is 9.97. The van der Waals surface area contributed by atoms with E-state index in [9.17, 15) is 4.79 Å². The molecule has 0 heterocycles. The van der Waals surface area contributed by atoms with Gasteiger partial charge in [-0.2, -0.15) is 0 Å². The molecule has 0 aliphatic carbocycles. The number of allylic oxidation sites excluding steroid dienone is 1. The van der Waals surface area contributed by atoms with Crippen LogP contribution in [0, 0.1) is 0 Å². The minimum Gasteiger partial charge on any atom is -0.320 e. The molecule has 8 heavy (non-hydrogen) atoms. The molecule has 0 aromatic carbocycles. The van der Waals surface area contributed by atoms with Gasteiger partial charge in [-0.15, -0.1) is 0 Å². The first kappa shape index (κ1) is 7.43. The quantitative estimate of drug-likeness (QED) is 0.607. The van der Waals surface area contributed by atoms with Crippen LogP contribution in [0.3, 0.4) is 0 Å². The van der Waals surface area contributed by atoms with Gasteiger partial charge < -0.3 is 5.32 Å². The van der Waals surface area contributed by atoms with Crippen LogP contribution in [0.5, 0.6) is 0 Å². The predicted molar refractivity (Wildman–Crippen MR) is 35.6 cm³/mol. The molecule has 45 valence electrons. The monoisotopic (exact) mass is 130 g/mol. The van der Waals surface area contributed by atoms with Crippen molar-refractivity contribution < 1.29 is 4.79 Å². The Balaban J connectivity index is 3.16. The predicted octanol–water partition coefficient (Wildman–Crippen LogP) is 1.82. The molecule has 1 radical (unpaired) electrons. The van der Waals surface area contributed by atoms with Crippen molar-refractivity contribution in [3.8, 4) is 0 Å². The molecule has 0 aliphatic rings. The summed E-state index contributed by atoms with van der Waals surface area (Å²) in [6, 6.07) is 0. The van der Waals surface area contributed by atoms with Crippen LogP contribution in [-0.4, -0.2) is 5.24 Å². The molecule has 0 aliphatic heterocycles. The molecule has 3 heteroatoms. The lowest BCUT2D eigenvalue weighted by molar-refractivity contribution is 0.263. The van der Waals surface area contributed by atoms with Crippen molar-refractivity contribution in [2.75, 3.05) is 0 Å². The van der Waals surface area contributed by atoms with Crippen molar-refractivity contribution in [1.82, 2.24) is 5.32 Å². The SMILES string of the molecule is CCC=CNC(=O)[S]. The van der Waals surface area contributed by atoms with E-state index < -0.39 is 5.24 Å². The fraction of sp³-hybridized carbons (Fsp3) is 0.400. The Morgan fingerprint density at radius 1 is 1.88 bits per heavy atom. The van der Waals surface area contributed by atoms with E-state index in [4.69, 9.17) is 0 Å². The van der Waals surface area contributed by atoms with Crippen molar-refractivity contribution >= 4 is 17.9 Å². The Labute approximate surface area is 54.4 Å². The highest BCUT2D eigenvalue weighted by Crippen LogP contribution is 1.78. The fourth-order valence-electron chi connectivity index (χ4n) is 0.245. The molecule has 0 saturated heterocycles. The van der Waals surface area contributed by atoms with Crippen LogP contribution in [0.2, 0.25) is 0 Å². The lowest BCUT2D eigenvalue weighted by atomic mass is 10.5. The molecule has 0 bridgehead atoms. The van der Waals surface area contributed by atoms with Crippen LogP contribution in [0.1, 0.15) is 13.3 Å². The van der Waals surface area contributed by atoms with Gasteiger partial charge in [0.1, 0.15) is 0 Å². The van der Waals surface area contributed by atoms with E-state index in [0.29, 0.717) is 0 Å². The third-order valence-corrected chi connectivity index (χ3v) is 0.673.